The van der Waals surface area contributed by atoms with Crippen molar-refractivity contribution in [3.05, 3.63) is 30.1 Å². The summed E-state index contributed by atoms with van der Waals surface area (Å²) in [5, 5.41) is 0. The topological polar surface area (TPSA) is 56.8 Å². The molecule has 1 spiro atoms. The smallest absolute Gasteiger partial charge is 0.236 e. The van der Waals surface area contributed by atoms with Crippen molar-refractivity contribution in [3.8, 4) is 0 Å². The Labute approximate surface area is 162 Å². The molecule has 0 bridgehead atoms. The number of nitrogens with zero attached hydrogens (tertiary/aromatic N) is 4. The third kappa shape index (κ3) is 4.49. The maximum atomic E-state index is 13.2. The first-order chi connectivity index (χ1) is 12.9. The van der Waals surface area contributed by atoms with Crippen LogP contribution in [-0.4, -0.2) is 70.8 Å². The van der Waals surface area contributed by atoms with E-state index < -0.39 is 0 Å². The number of carbonyl (C=O) groups is 2. The highest BCUT2D eigenvalue weighted by atomic mass is 16.2. The molecular weight excluding hydrogens is 340 g/mol. The SMILES string of the molecule is CC(C)N(C)CC(=O)N1CCC2(CCCN(Cc3ccncc3)C2=O)CC1. The molecule has 3 rings (SSSR count). The fraction of sp³-hybridized carbons (Fsp3) is 0.667. The number of hydrogen-bond acceptors (Lipinski definition) is 4. The van der Waals surface area contributed by atoms with E-state index in [2.05, 4.69) is 23.7 Å². The largest absolute Gasteiger partial charge is 0.342 e. The van der Waals surface area contributed by atoms with Crippen LogP contribution in [0.4, 0.5) is 0 Å². The van der Waals surface area contributed by atoms with Gasteiger partial charge < -0.3 is 9.80 Å². The van der Waals surface area contributed by atoms with Crippen LogP contribution in [-0.2, 0) is 16.1 Å². The number of amides is 2. The Morgan fingerprint density at radius 1 is 1.19 bits per heavy atom. The zero-order valence-corrected chi connectivity index (χ0v) is 16.9. The molecule has 148 valence electrons. The zero-order valence-electron chi connectivity index (χ0n) is 16.9. The summed E-state index contributed by atoms with van der Waals surface area (Å²) >= 11 is 0. The summed E-state index contributed by atoms with van der Waals surface area (Å²) in [5.41, 5.74) is 0.853. The number of piperidine rings is 2. The average Bonchev–Trinajstić information content (AvgIpc) is 2.67. The van der Waals surface area contributed by atoms with E-state index in [0.29, 0.717) is 32.2 Å². The molecule has 2 aliphatic heterocycles. The van der Waals surface area contributed by atoms with Gasteiger partial charge in [-0.3, -0.25) is 19.5 Å². The Hall–Kier alpha value is -1.95. The molecular formula is C21H32N4O2. The van der Waals surface area contributed by atoms with Gasteiger partial charge in [0.15, 0.2) is 0 Å². The van der Waals surface area contributed by atoms with E-state index in [9.17, 15) is 9.59 Å². The number of likely N-dealkylation sites (tertiary alicyclic amines) is 2. The third-order valence-corrected chi connectivity index (χ3v) is 6.29. The van der Waals surface area contributed by atoms with Gasteiger partial charge in [0.05, 0.1) is 12.0 Å². The Morgan fingerprint density at radius 2 is 1.85 bits per heavy atom. The van der Waals surface area contributed by atoms with Crippen molar-refractivity contribution in [3.63, 3.8) is 0 Å². The van der Waals surface area contributed by atoms with Crippen molar-refractivity contribution >= 4 is 11.8 Å². The van der Waals surface area contributed by atoms with Crippen LogP contribution < -0.4 is 0 Å². The maximum absolute atomic E-state index is 13.2. The van der Waals surface area contributed by atoms with E-state index >= 15 is 0 Å². The van der Waals surface area contributed by atoms with Crippen LogP contribution >= 0.6 is 0 Å². The second-order valence-electron chi connectivity index (χ2n) is 8.36. The lowest BCUT2D eigenvalue weighted by Gasteiger charge is -2.46. The lowest BCUT2D eigenvalue weighted by molar-refractivity contribution is -0.153. The third-order valence-electron chi connectivity index (χ3n) is 6.29. The van der Waals surface area contributed by atoms with Crippen LogP contribution in [0, 0.1) is 5.41 Å². The van der Waals surface area contributed by atoms with Crippen LogP contribution in [0.5, 0.6) is 0 Å². The van der Waals surface area contributed by atoms with Gasteiger partial charge in [-0.25, -0.2) is 0 Å². The van der Waals surface area contributed by atoms with Gasteiger partial charge in [-0.15, -0.1) is 0 Å². The van der Waals surface area contributed by atoms with Crippen LogP contribution in [0.3, 0.4) is 0 Å². The van der Waals surface area contributed by atoms with Crippen LogP contribution in [0.2, 0.25) is 0 Å². The van der Waals surface area contributed by atoms with E-state index in [1.54, 1.807) is 12.4 Å². The van der Waals surface area contributed by atoms with Crippen LogP contribution in [0.25, 0.3) is 0 Å². The first-order valence-corrected chi connectivity index (χ1v) is 10.1. The summed E-state index contributed by atoms with van der Waals surface area (Å²) in [4.78, 5) is 35.9. The number of aromatic nitrogens is 1. The number of hydrogen-bond donors (Lipinski definition) is 0. The molecule has 2 fully saturated rings. The van der Waals surface area contributed by atoms with E-state index in [0.717, 1.165) is 37.8 Å². The van der Waals surface area contributed by atoms with Crippen molar-refractivity contribution in [2.75, 3.05) is 33.2 Å². The molecule has 0 unspecified atom stereocenters. The Kier molecular flexibility index (Phi) is 6.15. The first-order valence-electron chi connectivity index (χ1n) is 10.1. The van der Waals surface area contributed by atoms with E-state index in [1.807, 2.05) is 29.0 Å². The summed E-state index contributed by atoms with van der Waals surface area (Å²) in [6.07, 6.45) is 7.12. The van der Waals surface area contributed by atoms with E-state index in [1.165, 1.54) is 0 Å². The van der Waals surface area contributed by atoms with Gasteiger partial charge in [-0.05, 0) is 64.3 Å². The predicted octanol–water partition coefficient (Wildman–Crippen LogP) is 2.15. The number of pyridine rings is 1. The highest BCUT2D eigenvalue weighted by Crippen LogP contribution is 2.41. The average molecular weight is 373 g/mol. The molecule has 0 atom stereocenters. The fourth-order valence-electron chi connectivity index (χ4n) is 4.16. The molecule has 2 saturated heterocycles. The second-order valence-corrected chi connectivity index (χ2v) is 8.36. The van der Waals surface area contributed by atoms with Gasteiger partial charge in [-0.2, -0.15) is 0 Å². The highest BCUT2D eigenvalue weighted by Gasteiger charge is 2.46. The van der Waals surface area contributed by atoms with Crippen molar-refractivity contribution < 1.29 is 9.59 Å². The molecule has 0 aromatic carbocycles. The molecule has 0 aliphatic carbocycles. The Bertz CT molecular complexity index is 653. The number of likely N-dealkylation sites (N-methyl/N-ethyl adjacent to an activating group) is 1. The second kappa shape index (κ2) is 8.38. The standard InChI is InChI=1S/C21H32N4O2/c1-17(2)23(3)16-19(26)24-13-8-21(9-14-24)7-4-12-25(20(21)27)15-18-5-10-22-11-6-18/h5-6,10-11,17H,4,7-9,12-16H2,1-3H3. The molecule has 27 heavy (non-hydrogen) atoms. The minimum absolute atomic E-state index is 0.179. The number of carbonyl (C=O) groups excluding carboxylic acids is 2. The predicted molar refractivity (Wildman–Crippen MR) is 105 cm³/mol. The maximum Gasteiger partial charge on any atom is 0.236 e. The number of rotatable bonds is 5. The minimum Gasteiger partial charge on any atom is -0.342 e. The van der Waals surface area contributed by atoms with Gasteiger partial charge in [0.2, 0.25) is 11.8 Å². The minimum atomic E-state index is -0.272. The Morgan fingerprint density at radius 3 is 2.48 bits per heavy atom. The summed E-state index contributed by atoms with van der Waals surface area (Å²) < 4.78 is 0. The highest BCUT2D eigenvalue weighted by molar-refractivity contribution is 5.84. The van der Waals surface area contributed by atoms with Gasteiger partial charge in [-0.1, -0.05) is 0 Å². The Balaban J connectivity index is 1.59. The van der Waals surface area contributed by atoms with Crippen molar-refractivity contribution in [2.45, 2.75) is 52.1 Å². The van der Waals surface area contributed by atoms with E-state index in [-0.39, 0.29) is 17.2 Å². The molecule has 0 saturated carbocycles. The summed E-state index contributed by atoms with van der Waals surface area (Å²) in [6, 6.07) is 4.30. The summed E-state index contributed by atoms with van der Waals surface area (Å²) in [5.74, 6) is 0.454. The molecule has 3 heterocycles. The lowest BCUT2D eigenvalue weighted by Crippen LogP contribution is -2.55. The monoisotopic (exact) mass is 372 g/mol. The molecule has 0 radical (unpaired) electrons. The van der Waals surface area contributed by atoms with E-state index in [4.69, 9.17) is 0 Å². The van der Waals surface area contributed by atoms with Crippen LogP contribution in [0.1, 0.15) is 45.1 Å². The van der Waals surface area contributed by atoms with Gasteiger partial charge >= 0.3 is 0 Å². The van der Waals surface area contributed by atoms with Crippen LogP contribution in [0.15, 0.2) is 24.5 Å². The van der Waals surface area contributed by atoms with Crippen molar-refractivity contribution in [1.82, 2.24) is 19.7 Å². The van der Waals surface area contributed by atoms with Gasteiger partial charge in [0.1, 0.15) is 0 Å². The fourth-order valence-corrected chi connectivity index (χ4v) is 4.16. The van der Waals surface area contributed by atoms with Crippen molar-refractivity contribution in [2.24, 2.45) is 5.41 Å². The normalized spacial score (nSPS) is 20.0. The molecule has 1 aromatic heterocycles. The zero-order chi connectivity index (χ0) is 19.4. The lowest BCUT2D eigenvalue weighted by atomic mass is 9.71. The molecule has 1 aromatic rings. The summed E-state index contributed by atoms with van der Waals surface area (Å²) in [7, 11) is 1.98. The molecule has 6 heteroatoms. The first kappa shape index (κ1) is 19.8. The molecule has 2 aliphatic rings. The molecule has 6 nitrogen and oxygen atoms in total. The van der Waals surface area contributed by atoms with Gasteiger partial charge in [0.25, 0.3) is 0 Å². The quantitative estimate of drug-likeness (QED) is 0.795. The molecule has 0 N–H and O–H groups in total. The summed E-state index contributed by atoms with van der Waals surface area (Å²) in [6.45, 7) is 7.51. The molecule has 2 amide bonds. The van der Waals surface area contributed by atoms with Gasteiger partial charge in [0, 0.05) is 44.6 Å². The van der Waals surface area contributed by atoms with Crippen molar-refractivity contribution in [1.29, 1.82) is 0 Å².